The Morgan fingerprint density at radius 2 is 2.20 bits per heavy atom. The number of carbonyl (C=O) groups excluding carboxylic acids is 1. The average molecular weight is 280 g/mol. The Labute approximate surface area is 118 Å². The number of rotatable bonds is 3. The summed E-state index contributed by atoms with van der Waals surface area (Å²) in [5.74, 6) is -0.979. The van der Waals surface area contributed by atoms with Crippen molar-refractivity contribution < 1.29 is 14.3 Å². The van der Waals surface area contributed by atoms with Crippen LogP contribution < -0.4 is 5.32 Å². The minimum absolute atomic E-state index is 0.0419. The van der Waals surface area contributed by atoms with Gasteiger partial charge in [0.15, 0.2) is 0 Å². The molecule has 1 aromatic carbocycles. The number of hydrogen-bond acceptors (Lipinski definition) is 3. The highest BCUT2D eigenvalue weighted by Gasteiger charge is 2.31. The second-order valence-electron chi connectivity index (χ2n) is 5.19. The first-order valence-corrected chi connectivity index (χ1v) is 7.09. The van der Waals surface area contributed by atoms with E-state index in [0.717, 1.165) is 31.5 Å². The minimum Gasteiger partial charge on any atom is -0.507 e. The number of phenolic OH excluding ortho intramolecular Hbond substituents is 1. The Morgan fingerprint density at radius 3 is 2.85 bits per heavy atom. The monoisotopic (exact) mass is 280 g/mol. The second-order valence-corrected chi connectivity index (χ2v) is 5.19. The largest absolute Gasteiger partial charge is 0.507 e. The highest BCUT2D eigenvalue weighted by Crippen LogP contribution is 2.23. The molecule has 1 aliphatic heterocycles. The lowest BCUT2D eigenvalue weighted by Gasteiger charge is -2.40. The molecule has 0 bridgehead atoms. The van der Waals surface area contributed by atoms with Gasteiger partial charge in [0.05, 0.1) is 5.56 Å². The van der Waals surface area contributed by atoms with Crippen LogP contribution in [0, 0.1) is 5.82 Å². The van der Waals surface area contributed by atoms with E-state index < -0.39 is 5.82 Å². The summed E-state index contributed by atoms with van der Waals surface area (Å²) in [6.07, 6.45) is 1.75. The topological polar surface area (TPSA) is 52.6 Å². The molecule has 1 saturated heterocycles. The van der Waals surface area contributed by atoms with Gasteiger partial charge in [-0.1, -0.05) is 13.8 Å². The van der Waals surface area contributed by atoms with Gasteiger partial charge in [-0.15, -0.1) is 0 Å². The maximum absolute atomic E-state index is 13.3. The Morgan fingerprint density at radius 1 is 1.45 bits per heavy atom. The smallest absolute Gasteiger partial charge is 0.258 e. The van der Waals surface area contributed by atoms with E-state index in [1.807, 2.05) is 6.92 Å². The van der Waals surface area contributed by atoms with Crippen molar-refractivity contribution in [2.45, 2.75) is 38.8 Å². The summed E-state index contributed by atoms with van der Waals surface area (Å²) in [6.45, 7) is 5.40. The van der Waals surface area contributed by atoms with E-state index in [-0.39, 0.29) is 29.3 Å². The van der Waals surface area contributed by atoms with Crippen molar-refractivity contribution in [2.75, 3.05) is 13.1 Å². The van der Waals surface area contributed by atoms with E-state index >= 15 is 0 Å². The second kappa shape index (κ2) is 6.22. The number of phenols is 1. The van der Waals surface area contributed by atoms with Crippen LogP contribution in [-0.4, -0.2) is 41.1 Å². The van der Waals surface area contributed by atoms with E-state index in [4.69, 9.17) is 0 Å². The quantitative estimate of drug-likeness (QED) is 0.892. The first kappa shape index (κ1) is 14.8. The van der Waals surface area contributed by atoms with Crippen molar-refractivity contribution in [2.24, 2.45) is 0 Å². The molecule has 5 heteroatoms. The third-order valence-electron chi connectivity index (χ3n) is 3.91. The van der Waals surface area contributed by atoms with Crippen LogP contribution in [0.3, 0.4) is 0 Å². The summed E-state index contributed by atoms with van der Waals surface area (Å²) in [7, 11) is 0. The van der Waals surface area contributed by atoms with Gasteiger partial charge in [0.1, 0.15) is 11.6 Å². The molecule has 1 aromatic rings. The predicted octanol–water partition coefficient (Wildman–Crippen LogP) is 2.13. The van der Waals surface area contributed by atoms with Gasteiger partial charge in [0, 0.05) is 25.2 Å². The molecule has 20 heavy (non-hydrogen) atoms. The number of nitrogens with zero attached hydrogens (tertiary/aromatic N) is 1. The van der Waals surface area contributed by atoms with Crippen LogP contribution >= 0.6 is 0 Å². The van der Waals surface area contributed by atoms with Gasteiger partial charge in [0.2, 0.25) is 0 Å². The fourth-order valence-corrected chi connectivity index (χ4v) is 2.59. The van der Waals surface area contributed by atoms with Gasteiger partial charge in [-0.2, -0.15) is 0 Å². The van der Waals surface area contributed by atoms with E-state index in [1.165, 1.54) is 6.07 Å². The molecule has 0 radical (unpaired) electrons. The van der Waals surface area contributed by atoms with Crippen LogP contribution in [-0.2, 0) is 0 Å². The Hall–Kier alpha value is -1.62. The van der Waals surface area contributed by atoms with Gasteiger partial charge in [0.25, 0.3) is 5.91 Å². The number of nitrogens with one attached hydrogen (secondary N) is 1. The van der Waals surface area contributed by atoms with Crippen LogP contribution in [0.2, 0.25) is 0 Å². The number of piperazine rings is 1. The number of halogens is 1. The van der Waals surface area contributed by atoms with Gasteiger partial charge in [-0.25, -0.2) is 4.39 Å². The van der Waals surface area contributed by atoms with Crippen LogP contribution in [0.5, 0.6) is 5.75 Å². The molecule has 0 aliphatic carbocycles. The lowest BCUT2D eigenvalue weighted by molar-refractivity contribution is 0.0572. The van der Waals surface area contributed by atoms with Gasteiger partial charge >= 0.3 is 0 Å². The Kier molecular flexibility index (Phi) is 4.60. The summed E-state index contributed by atoms with van der Waals surface area (Å²) in [4.78, 5) is 14.3. The molecule has 2 atom stereocenters. The number of hydrogen-bond donors (Lipinski definition) is 2. The van der Waals surface area contributed by atoms with Crippen LogP contribution in [0.25, 0.3) is 0 Å². The van der Waals surface area contributed by atoms with Crippen LogP contribution in [0.1, 0.15) is 37.0 Å². The summed E-state index contributed by atoms with van der Waals surface area (Å²) in [6, 6.07) is 3.80. The number of aromatic hydroxyl groups is 1. The molecule has 1 amide bonds. The molecule has 110 valence electrons. The predicted molar refractivity (Wildman–Crippen MR) is 75.3 cm³/mol. The van der Waals surface area contributed by atoms with Crippen LogP contribution in [0.15, 0.2) is 18.2 Å². The molecule has 1 aliphatic rings. The summed E-state index contributed by atoms with van der Waals surface area (Å²) < 4.78 is 13.3. The van der Waals surface area contributed by atoms with E-state index in [2.05, 4.69) is 12.2 Å². The Balaban J connectivity index is 2.26. The molecule has 4 nitrogen and oxygen atoms in total. The SMILES string of the molecule is CCC1CN(C(=O)c2cc(F)ccc2O)C(CC)CN1. The van der Waals surface area contributed by atoms with Crippen molar-refractivity contribution in [3.63, 3.8) is 0 Å². The number of carbonyl (C=O) groups is 1. The van der Waals surface area contributed by atoms with Crippen molar-refractivity contribution >= 4 is 5.91 Å². The molecule has 0 aromatic heterocycles. The highest BCUT2D eigenvalue weighted by molar-refractivity contribution is 5.97. The molecule has 0 spiro atoms. The highest BCUT2D eigenvalue weighted by atomic mass is 19.1. The first-order valence-electron chi connectivity index (χ1n) is 7.09. The number of amides is 1. The lowest BCUT2D eigenvalue weighted by Crippen LogP contribution is -2.57. The fraction of sp³-hybridized carbons (Fsp3) is 0.533. The number of benzene rings is 1. The maximum atomic E-state index is 13.3. The van der Waals surface area contributed by atoms with Gasteiger partial charge in [-0.3, -0.25) is 4.79 Å². The zero-order chi connectivity index (χ0) is 14.7. The Bertz CT molecular complexity index is 493. The third-order valence-corrected chi connectivity index (χ3v) is 3.91. The lowest BCUT2D eigenvalue weighted by atomic mass is 10.0. The fourth-order valence-electron chi connectivity index (χ4n) is 2.59. The summed E-state index contributed by atoms with van der Waals surface area (Å²) >= 11 is 0. The average Bonchev–Trinajstić information content (AvgIpc) is 2.48. The standard InChI is InChI=1S/C15H21FN2O2/c1-3-11-9-18(12(4-2)8-17-11)15(20)13-7-10(16)5-6-14(13)19/h5-7,11-12,17,19H,3-4,8-9H2,1-2H3. The molecule has 1 heterocycles. The first-order chi connectivity index (χ1) is 9.56. The molecule has 2 N–H and O–H groups in total. The molecule has 2 rings (SSSR count). The minimum atomic E-state index is -0.513. The molecule has 0 saturated carbocycles. The van der Waals surface area contributed by atoms with Crippen molar-refractivity contribution in [1.29, 1.82) is 0 Å². The van der Waals surface area contributed by atoms with E-state index in [0.29, 0.717) is 6.54 Å². The van der Waals surface area contributed by atoms with Crippen LogP contribution in [0.4, 0.5) is 4.39 Å². The maximum Gasteiger partial charge on any atom is 0.258 e. The molecule has 2 unspecified atom stereocenters. The zero-order valence-electron chi connectivity index (χ0n) is 11.9. The molecular formula is C15H21FN2O2. The summed E-state index contributed by atoms with van der Waals surface area (Å²) in [5, 5.41) is 13.2. The molecule has 1 fully saturated rings. The normalized spacial score (nSPS) is 22.9. The van der Waals surface area contributed by atoms with E-state index in [9.17, 15) is 14.3 Å². The van der Waals surface area contributed by atoms with Gasteiger partial charge in [-0.05, 0) is 31.0 Å². The summed E-state index contributed by atoms with van der Waals surface area (Å²) in [5.41, 5.74) is 0.0419. The van der Waals surface area contributed by atoms with Gasteiger partial charge < -0.3 is 15.3 Å². The zero-order valence-corrected chi connectivity index (χ0v) is 11.9. The van der Waals surface area contributed by atoms with Crippen molar-refractivity contribution in [3.8, 4) is 5.75 Å². The molecular weight excluding hydrogens is 259 g/mol. The van der Waals surface area contributed by atoms with Crippen molar-refractivity contribution in [3.05, 3.63) is 29.6 Å². The third kappa shape index (κ3) is 2.93. The van der Waals surface area contributed by atoms with Crippen molar-refractivity contribution in [1.82, 2.24) is 10.2 Å². The van der Waals surface area contributed by atoms with E-state index in [1.54, 1.807) is 4.90 Å².